The minimum absolute atomic E-state index is 0.0508. The Bertz CT molecular complexity index is 1960. The summed E-state index contributed by atoms with van der Waals surface area (Å²) in [5.74, 6) is -6.18. The normalized spacial score (nSPS) is 11.2. The van der Waals surface area contributed by atoms with E-state index in [2.05, 4.69) is 20.1 Å². The molecule has 0 aliphatic rings. The zero-order chi connectivity index (χ0) is 31.0. The van der Waals surface area contributed by atoms with Gasteiger partial charge in [-0.2, -0.15) is 5.10 Å². The first-order chi connectivity index (χ1) is 21.2. The predicted octanol–water partition coefficient (Wildman–Crippen LogP) is 7.12. The van der Waals surface area contributed by atoms with Crippen LogP contribution in [0.3, 0.4) is 0 Å². The summed E-state index contributed by atoms with van der Waals surface area (Å²) >= 11 is 0. The lowest BCUT2D eigenvalue weighted by atomic mass is 10.1. The molecule has 0 aliphatic carbocycles. The van der Waals surface area contributed by atoms with Crippen LogP contribution < -0.4 is 9.64 Å². The Morgan fingerprint density at radius 3 is 2.05 bits per heavy atom. The molecule has 6 rings (SSSR count). The number of anilines is 2. The van der Waals surface area contributed by atoms with Gasteiger partial charge in [0.15, 0.2) is 17.4 Å². The Labute approximate surface area is 246 Å². The number of halogens is 6. The van der Waals surface area contributed by atoms with E-state index in [1.165, 1.54) is 35.3 Å². The largest absolute Gasteiger partial charge is 0.491 e. The number of hydrogen-bond donors (Lipinski definition) is 0. The third-order valence-corrected chi connectivity index (χ3v) is 6.89. The van der Waals surface area contributed by atoms with Crippen molar-refractivity contribution in [3.8, 4) is 17.3 Å². The molecule has 0 unspecified atom stereocenters. The summed E-state index contributed by atoms with van der Waals surface area (Å²) in [4.78, 5) is 14.5. The number of nitrogens with zero attached hydrogens (tertiary/aromatic N) is 6. The molecular formula is C31H20F6N6O. The van der Waals surface area contributed by atoms with Gasteiger partial charge < -0.3 is 9.64 Å². The van der Waals surface area contributed by atoms with E-state index in [0.717, 1.165) is 0 Å². The maximum absolute atomic E-state index is 14.8. The summed E-state index contributed by atoms with van der Waals surface area (Å²) in [5, 5.41) is 5.07. The summed E-state index contributed by atoms with van der Waals surface area (Å²) in [7, 11) is 1.36. The van der Waals surface area contributed by atoms with Crippen molar-refractivity contribution >= 4 is 22.4 Å². The molecule has 0 N–H and O–H groups in total. The van der Waals surface area contributed by atoms with Crippen LogP contribution >= 0.6 is 0 Å². The molecule has 7 nitrogen and oxygen atoms in total. The van der Waals surface area contributed by atoms with Crippen LogP contribution in [0.15, 0.2) is 79.3 Å². The molecule has 0 radical (unpaired) electrons. The van der Waals surface area contributed by atoms with Crippen molar-refractivity contribution in [2.24, 2.45) is 0 Å². The molecular weight excluding hydrogens is 586 g/mol. The Morgan fingerprint density at radius 1 is 0.795 bits per heavy atom. The molecule has 0 amide bonds. The summed E-state index contributed by atoms with van der Waals surface area (Å²) < 4.78 is 92.7. The van der Waals surface area contributed by atoms with E-state index >= 15 is 0 Å². The average molecular weight is 607 g/mol. The number of methoxy groups -OCH3 is 1. The highest BCUT2D eigenvalue weighted by atomic mass is 19.2. The van der Waals surface area contributed by atoms with E-state index in [9.17, 15) is 26.3 Å². The lowest BCUT2D eigenvalue weighted by Gasteiger charge is -2.26. The molecule has 13 heteroatoms. The fourth-order valence-electron chi connectivity index (χ4n) is 4.79. The fraction of sp³-hybridized carbons (Fsp3) is 0.0968. The number of pyridine rings is 1. The molecule has 3 heterocycles. The van der Waals surface area contributed by atoms with Gasteiger partial charge in [0, 0.05) is 58.9 Å². The van der Waals surface area contributed by atoms with Gasteiger partial charge in [-0.25, -0.2) is 36.3 Å². The molecule has 44 heavy (non-hydrogen) atoms. The molecule has 0 aliphatic heterocycles. The number of fused-ring (bicyclic) bond motifs is 1. The number of aromatic nitrogens is 5. The van der Waals surface area contributed by atoms with Gasteiger partial charge in [0.2, 0.25) is 0 Å². The maximum atomic E-state index is 14.8. The molecule has 0 atom stereocenters. The number of ether oxygens (including phenoxy) is 1. The van der Waals surface area contributed by atoms with E-state index in [4.69, 9.17) is 4.74 Å². The second-order valence-electron chi connectivity index (χ2n) is 9.60. The average Bonchev–Trinajstić information content (AvgIpc) is 3.37. The smallest absolute Gasteiger partial charge is 0.183 e. The van der Waals surface area contributed by atoms with Gasteiger partial charge in [0.25, 0.3) is 0 Å². The van der Waals surface area contributed by atoms with Crippen LogP contribution in [0.5, 0.6) is 5.75 Å². The van der Waals surface area contributed by atoms with Crippen molar-refractivity contribution in [3.05, 3.63) is 125 Å². The molecule has 0 fully saturated rings. The Hall–Kier alpha value is -5.46. The third kappa shape index (κ3) is 5.39. The third-order valence-electron chi connectivity index (χ3n) is 6.89. The number of rotatable bonds is 8. The summed E-state index contributed by atoms with van der Waals surface area (Å²) in [6, 6.07) is 12.3. The number of para-hydroxylation sites is 1. The topological polar surface area (TPSA) is 69.0 Å². The fourth-order valence-corrected chi connectivity index (χ4v) is 4.79. The highest BCUT2D eigenvalue weighted by molar-refractivity contribution is 5.92. The van der Waals surface area contributed by atoms with Gasteiger partial charge in [-0.3, -0.25) is 9.67 Å². The van der Waals surface area contributed by atoms with Crippen LogP contribution in [-0.4, -0.2) is 31.8 Å². The van der Waals surface area contributed by atoms with Crippen LogP contribution in [0.2, 0.25) is 0 Å². The van der Waals surface area contributed by atoms with Crippen molar-refractivity contribution in [2.45, 2.75) is 13.1 Å². The summed E-state index contributed by atoms with van der Waals surface area (Å²) in [5.41, 5.74) is 0.302. The van der Waals surface area contributed by atoms with Gasteiger partial charge in [0.05, 0.1) is 31.9 Å². The number of hydrogen-bond acceptors (Lipinski definition) is 6. The predicted molar refractivity (Wildman–Crippen MR) is 149 cm³/mol. The summed E-state index contributed by atoms with van der Waals surface area (Å²) in [6.45, 7) is -0.791. The van der Waals surface area contributed by atoms with E-state index in [0.29, 0.717) is 40.9 Å². The molecule has 0 spiro atoms. The van der Waals surface area contributed by atoms with Crippen LogP contribution in [0.4, 0.5) is 37.8 Å². The first-order valence-corrected chi connectivity index (χ1v) is 13.0. The van der Waals surface area contributed by atoms with Crippen molar-refractivity contribution in [1.29, 1.82) is 0 Å². The van der Waals surface area contributed by atoms with Crippen LogP contribution in [-0.2, 0) is 13.1 Å². The zero-order valence-corrected chi connectivity index (χ0v) is 22.8. The molecule has 6 aromatic rings. The van der Waals surface area contributed by atoms with Crippen molar-refractivity contribution in [1.82, 2.24) is 24.7 Å². The van der Waals surface area contributed by atoms with Crippen LogP contribution in [0.25, 0.3) is 22.4 Å². The zero-order valence-electron chi connectivity index (χ0n) is 22.8. The van der Waals surface area contributed by atoms with Crippen LogP contribution in [0.1, 0.15) is 11.1 Å². The molecule has 3 aromatic carbocycles. The Kier molecular flexibility index (Phi) is 7.60. The van der Waals surface area contributed by atoms with E-state index in [-0.39, 0.29) is 29.6 Å². The van der Waals surface area contributed by atoms with Gasteiger partial charge >= 0.3 is 0 Å². The molecule has 0 bridgehead atoms. The second kappa shape index (κ2) is 11.7. The van der Waals surface area contributed by atoms with Crippen molar-refractivity contribution in [3.63, 3.8) is 0 Å². The Balaban J connectivity index is 1.49. The molecule has 3 aromatic heterocycles. The quantitative estimate of drug-likeness (QED) is 0.172. The van der Waals surface area contributed by atoms with E-state index in [1.807, 2.05) is 0 Å². The highest BCUT2D eigenvalue weighted by Gasteiger charge is 2.25. The van der Waals surface area contributed by atoms with Gasteiger partial charge in [-0.1, -0.05) is 18.2 Å². The highest BCUT2D eigenvalue weighted by Crippen LogP contribution is 2.36. The molecule has 0 saturated heterocycles. The lowest BCUT2D eigenvalue weighted by Crippen LogP contribution is -2.21. The van der Waals surface area contributed by atoms with Gasteiger partial charge in [0.1, 0.15) is 40.6 Å². The monoisotopic (exact) mass is 606 g/mol. The first-order valence-electron chi connectivity index (χ1n) is 13.0. The first kappa shape index (κ1) is 28.6. The minimum atomic E-state index is -1.10. The standard InChI is InChI=1S/C31H20F6N6O/c1-44-28-14-39-30(29-20-4-2-3-5-27(20)43(41-29)16-22-25(36)12-18(33)13-26(22)37)40-31(28)42(19-6-8-38-9-7-19)15-21-23(34)10-17(32)11-24(21)35/h2-14H,15-16H2,1H3. The van der Waals surface area contributed by atoms with Gasteiger partial charge in [-0.05, 0) is 18.2 Å². The molecule has 0 saturated carbocycles. The lowest BCUT2D eigenvalue weighted by molar-refractivity contribution is 0.411. The van der Waals surface area contributed by atoms with Crippen molar-refractivity contribution in [2.75, 3.05) is 12.0 Å². The SMILES string of the molecule is COc1cnc(-c2nn(Cc3c(F)cc(F)cc3F)c3ccccc23)nc1N(Cc1c(F)cc(F)cc1F)c1ccncc1. The van der Waals surface area contributed by atoms with Crippen LogP contribution in [0, 0.1) is 34.9 Å². The Morgan fingerprint density at radius 2 is 1.41 bits per heavy atom. The van der Waals surface area contributed by atoms with Gasteiger partial charge in [-0.15, -0.1) is 0 Å². The minimum Gasteiger partial charge on any atom is -0.491 e. The van der Waals surface area contributed by atoms with E-state index < -0.39 is 52.6 Å². The second-order valence-corrected chi connectivity index (χ2v) is 9.60. The molecule has 222 valence electrons. The van der Waals surface area contributed by atoms with E-state index in [1.54, 1.807) is 36.4 Å². The summed E-state index contributed by atoms with van der Waals surface area (Å²) in [6.07, 6.45) is 4.28. The van der Waals surface area contributed by atoms with Crippen molar-refractivity contribution < 1.29 is 31.1 Å². The maximum Gasteiger partial charge on any atom is 0.183 e. The number of benzene rings is 3.